The van der Waals surface area contributed by atoms with Crippen LogP contribution in [-0.4, -0.2) is 18.1 Å². The summed E-state index contributed by atoms with van der Waals surface area (Å²) in [5.74, 6) is 0.111. The number of aromatic nitrogens is 1. The Morgan fingerprint density at radius 2 is 1.63 bits per heavy atom. The zero-order valence-electron chi connectivity index (χ0n) is 15.2. The lowest BCUT2D eigenvalue weighted by molar-refractivity contribution is -0.137. The highest BCUT2D eigenvalue weighted by Gasteiger charge is 2.31. The van der Waals surface area contributed by atoms with Gasteiger partial charge in [-0.1, -0.05) is 23.7 Å². The van der Waals surface area contributed by atoms with Crippen molar-refractivity contribution >= 4 is 28.8 Å². The molecule has 152 valence electrons. The van der Waals surface area contributed by atoms with Crippen molar-refractivity contribution in [1.82, 2.24) is 4.98 Å². The van der Waals surface area contributed by atoms with Crippen LogP contribution in [0.5, 0.6) is 0 Å². The fourth-order valence-electron chi connectivity index (χ4n) is 2.27. The number of nitriles is 3. The van der Waals surface area contributed by atoms with Gasteiger partial charge in [0.15, 0.2) is 5.57 Å². The average molecular weight is 432 g/mol. The minimum atomic E-state index is -4.53. The van der Waals surface area contributed by atoms with Gasteiger partial charge in [0.2, 0.25) is 0 Å². The van der Waals surface area contributed by atoms with Crippen LogP contribution in [0.4, 0.5) is 30.4 Å². The van der Waals surface area contributed by atoms with E-state index < -0.39 is 11.7 Å². The van der Waals surface area contributed by atoms with Crippen molar-refractivity contribution in [1.29, 1.82) is 15.8 Å². The van der Waals surface area contributed by atoms with E-state index in [0.717, 1.165) is 6.07 Å². The van der Waals surface area contributed by atoms with E-state index in [-0.39, 0.29) is 28.7 Å². The van der Waals surface area contributed by atoms with Crippen molar-refractivity contribution in [2.45, 2.75) is 6.18 Å². The summed E-state index contributed by atoms with van der Waals surface area (Å²) in [6, 6.07) is 12.6. The number of hydrogen-bond acceptors (Lipinski definition) is 7. The van der Waals surface area contributed by atoms with Crippen LogP contribution in [0.25, 0.3) is 0 Å². The van der Waals surface area contributed by atoms with E-state index in [2.05, 4.69) is 20.9 Å². The molecule has 0 aliphatic heterocycles. The van der Waals surface area contributed by atoms with E-state index in [4.69, 9.17) is 27.4 Å². The molecule has 2 rings (SSSR count). The van der Waals surface area contributed by atoms with Crippen molar-refractivity contribution in [3.8, 4) is 18.2 Å². The standard InChI is InChI=1S/C19H13ClF3N7/c20-14-7-13(19(21,22)23)11-29-18(14)28-6-5-27-15-3-1-2-4-16(15)30-17(10-26)12(8-24)9-25/h1-4,7,11,27,30H,5-6H2,(H,28,29). The molecule has 0 saturated carbocycles. The molecule has 3 N–H and O–H groups in total. The van der Waals surface area contributed by atoms with E-state index in [9.17, 15) is 13.2 Å². The van der Waals surface area contributed by atoms with Gasteiger partial charge in [-0.3, -0.25) is 0 Å². The molecule has 0 aliphatic carbocycles. The number of hydrogen-bond donors (Lipinski definition) is 3. The van der Waals surface area contributed by atoms with Crippen molar-refractivity contribution in [3.05, 3.63) is 58.4 Å². The summed E-state index contributed by atoms with van der Waals surface area (Å²) in [6.07, 6.45) is -3.83. The van der Waals surface area contributed by atoms with E-state index >= 15 is 0 Å². The van der Waals surface area contributed by atoms with Gasteiger partial charge < -0.3 is 16.0 Å². The minimum absolute atomic E-state index is 0.111. The van der Waals surface area contributed by atoms with Gasteiger partial charge in [-0.05, 0) is 18.2 Å². The maximum absolute atomic E-state index is 12.6. The van der Waals surface area contributed by atoms with Gasteiger partial charge in [-0.25, -0.2) is 4.98 Å². The second kappa shape index (κ2) is 10.0. The Bertz CT molecular complexity index is 1060. The molecule has 7 nitrogen and oxygen atoms in total. The summed E-state index contributed by atoms with van der Waals surface area (Å²) >= 11 is 5.84. The third-order valence-corrected chi connectivity index (χ3v) is 3.96. The Labute approximate surface area is 175 Å². The molecule has 0 unspecified atom stereocenters. The van der Waals surface area contributed by atoms with Crippen LogP contribution in [0.15, 0.2) is 47.8 Å². The lowest BCUT2D eigenvalue weighted by atomic mass is 10.2. The fourth-order valence-corrected chi connectivity index (χ4v) is 2.50. The molecule has 2 aromatic rings. The lowest BCUT2D eigenvalue weighted by Gasteiger charge is -2.14. The van der Waals surface area contributed by atoms with Gasteiger partial charge in [-0.15, -0.1) is 0 Å². The molecule has 0 atom stereocenters. The van der Waals surface area contributed by atoms with E-state index in [1.165, 1.54) is 0 Å². The lowest BCUT2D eigenvalue weighted by Crippen LogP contribution is -2.16. The largest absolute Gasteiger partial charge is 0.417 e. The van der Waals surface area contributed by atoms with Crippen LogP contribution in [0.3, 0.4) is 0 Å². The summed E-state index contributed by atoms with van der Waals surface area (Å²) in [5, 5.41) is 35.5. The maximum Gasteiger partial charge on any atom is 0.417 e. The van der Waals surface area contributed by atoms with Gasteiger partial charge in [0.05, 0.1) is 22.0 Å². The van der Waals surface area contributed by atoms with Crippen molar-refractivity contribution in [2.24, 2.45) is 0 Å². The quantitative estimate of drug-likeness (QED) is 0.435. The molecule has 11 heteroatoms. The highest BCUT2D eigenvalue weighted by Crippen LogP contribution is 2.32. The van der Waals surface area contributed by atoms with Gasteiger partial charge in [0.25, 0.3) is 0 Å². The number of allylic oxidation sites excluding steroid dienone is 2. The zero-order chi connectivity index (χ0) is 22.1. The van der Waals surface area contributed by atoms with Crippen LogP contribution in [0.1, 0.15) is 5.56 Å². The molecule has 0 bridgehead atoms. The predicted octanol–water partition coefficient (Wildman–Crippen LogP) is 4.51. The first-order chi connectivity index (χ1) is 14.3. The van der Waals surface area contributed by atoms with Crippen molar-refractivity contribution in [3.63, 3.8) is 0 Å². The highest BCUT2D eigenvalue weighted by atomic mass is 35.5. The van der Waals surface area contributed by atoms with E-state index in [0.29, 0.717) is 24.1 Å². The molecule has 30 heavy (non-hydrogen) atoms. The number of nitrogens with one attached hydrogen (secondary N) is 3. The molecule has 1 aromatic carbocycles. The fraction of sp³-hybridized carbons (Fsp3) is 0.158. The number of para-hydroxylation sites is 2. The van der Waals surface area contributed by atoms with Gasteiger partial charge in [0, 0.05) is 19.3 Å². The number of halogens is 4. The van der Waals surface area contributed by atoms with Crippen LogP contribution < -0.4 is 16.0 Å². The van der Waals surface area contributed by atoms with Crippen LogP contribution in [0, 0.1) is 34.0 Å². The Hall–Kier alpha value is -3.94. The Balaban J connectivity index is 2.02. The Morgan fingerprint density at radius 3 is 2.20 bits per heavy atom. The SMILES string of the molecule is N#CC(C#N)=C(C#N)Nc1ccccc1NCCNc1ncc(C(F)(F)F)cc1Cl. The summed E-state index contributed by atoms with van der Waals surface area (Å²) < 4.78 is 37.9. The number of rotatable bonds is 7. The molecule has 0 aliphatic rings. The summed E-state index contributed by atoms with van der Waals surface area (Å²) in [4.78, 5) is 3.69. The van der Waals surface area contributed by atoms with Gasteiger partial charge in [0.1, 0.15) is 29.7 Å². The molecule has 1 heterocycles. The first kappa shape index (κ1) is 22.4. The first-order valence-electron chi connectivity index (χ1n) is 8.31. The minimum Gasteiger partial charge on any atom is -0.382 e. The van der Waals surface area contributed by atoms with Crippen LogP contribution >= 0.6 is 11.6 Å². The predicted molar refractivity (Wildman–Crippen MR) is 105 cm³/mol. The molecule has 0 radical (unpaired) electrons. The van der Waals surface area contributed by atoms with E-state index in [1.54, 1.807) is 42.5 Å². The molecule has 0 amide bonds. The average Bonchev–Trinajstić information content (AvgIpc) is 2.72. The zero-order valence-corrected chi connectivity index (χ0v) is 15.9. The summed E-state index contributed by atoms with van der Waals surface area (Å²) in [5.41, 5.74) is -0.437. The van der Waals surface area contributed by atoms with Gasteiger partial charge >= 0.3 is 6.18 Å². The monoisotopic (exact) mass is 431 g/mol. The van der Waals surface area contributed by atoms with Gasteiger partial charge in [-0.2, -0.15) is 29.0 Å². The number of nitrogens with zero attached hydrogens (tertiary/aromatic N) is 4. The first-order valence-corrected chi connectivity index (χ1v) is 8.69. The van der Waals surface area contributed by atoms with Crippen LogP contribution in [0.2, 0.25) is 5.02 Å². The molecule has 1 aromatic heterocycles. The third-order valence-electron chi connectivity index (χ3n) is 3.67. The Kier molecular flexibility index (Phi) is 7.46. The maximum atomic E-state index is 12.6. The normalized spacial score (nSPS) is 10.2. The number of pyridine rings is 1. The second-order valence-electron chi connectivity index (χ2n) is 5.66. The summed E-state index contributed by atoms with van der Waals surface area (Å²) in [7, 11) is 0. The molecule has 0 fully saturated rings. The number of alkyl halides is 3. The van der Waals surface area contributed by atoms with Crippen molar-refractivity contribution in [2.75, 3.05) is 29.0 Å². The highest BCUT2D eigenvalue weighted by molar-refractivity contribution is 6.32. The summed E-state index contributed by atoms with van der Waals surface area (Å²) in [6.45, 7) is 0.599. The molecule has 0 spiro atoms. The Morgan fingerprint density at radius 1 is 1.00 bits per heavy atom. The molecular weight excluding hydrogens is 419 g/mol. The van der Waals surface area contributed by atoms with E-state index in [1.807, 2.05) is 0 Å². The number of benzene rings is 1. The smallest absolute Gasteiger partial charge is 0.382 e. The molecule has 0 saturated heterocycles. The number of anilines is 3. The second-order valence-corrected chi connectivity index (χ2v) is 6.07. The molecular formula is C19H13ClF3N7. The topological polar surface area (TPSA) is 120 Å². The van der Waals surface area contributed by atoms with Crippen molar-refractivity contribution < 1.29 is 13.2 Å². The van der Waals surface area contributed by atoms with Crippen LogP contribution in [-0.2, 0) is 6.18 Å². The third kappa shape index (κ3) is 5.78.